The van der Waals surface area contributed by atoms with Gasteiger partial charge in [-0.25, -0.2) is 0 Å². The van der Waals surface area contributed by atoms with Crippen molar-refractivity contribution in [1.82, 2.24) is 0 Å². The number of carboxylic acids is 1. The van der Waals surface area contributed by atoms with E-state index in [9.17, 15) is 18.0 Å². The topological polar surface area (TPSA) is 73.1 Å². The van der Waals surface area contributed by atoms with Gasteiger partial charge >= 0.3 is 12.1 Å². The first-order valence-electron chi connectivity index (χ1n) is 6.43. The van der Waals surface area contributed by atoms with E-state index in [4.69, 9.17) is 10.4 Å². The molecule has 2 rings (SSSR count). The number of carbonyl (C=O) groups is 1. The lowest BCUT2D eigenvalue weighted by Gasteiger charge is -2.20. The van der Waals surface area contributed by atoms with Crippen LogP contribution >= 0.6 is 0 Å². The Kier molecular flexibility index (Phi) is 4.07. The summed E-state index contributed by atoms with van der Waals surface area (Å²) in [4.78, 5) is 11.1. The number of hydrogen-bond acceptors (Lipinski definition) is 3. The molecule has 2 N–H and O–H groups in total. The second kappa shape index (κ2) is 5.64. The first kappa shape index (κ1) is 15.2. The number of nitrogens with zero attached hydrogens (tertiary/aromatic N) is 1. The van der Waals surface area contributed by atoms with Gasteiger partial charge in [0.1, 0.15) is 6.07 Å². The summed E-state index contributed by atoms with van der Waals surface area (Å²) in [6.07, 6.45) is -2.64. The van der Waals surface area contributed by atoms with Crippen molar-refractivity contribution in [2.45, 2.75) is 31.5 Å². The van der Waals surface area contributed by atoms with Gasteiger partial charge < -0.3 is 10.4 Å². The predicted octanol–water partition coefficient (Wildman–Crippen LogP) is 3.24. The minimum Gasteiger partial charge on any atom is -0.481 e. The third kappa shape index (κ3) is 3.27. The minimum atomic E-state index is -4.51. The van der Waals surface area contributed by atoms with Crippen LogP contribution in [0.4, 0.5) is 18.9 Å². The highest BCUT2D eigenvalue weighted by molar-refractivity contribution is 5.72. The van der Waals surface area contributed by atoms with E-state index >= 15 is 0 Å². The summed E-state index contributed by atoms with van der Waals surface area (Å²) in [5.74, 6) is -1.52. The van der Waals surface area contributed by atoms with Crippen molar-refractivity contribution >= 4 is 11.7 Å². The van der Waals surface area contributed by atoms with Crippen molar-refractivity contribution < 1.29 is 23.1 Å². The number of alkyl halides is 3. The van der Waals surface area contributed by atoms with Gasteiger partial charge in [0.25, 0.3) is 0 Å². The number of rotatable bonds is 3. The number of nitrogens with one attached hydrogen (secondary N) is 1. The van der Waals surface area contributed by atoms with Crippen molar-refractivity contribution in [3.8, 4) is 6.07 Å². The van der Waals surface area contributed by atoms with Crippen LogP contribution in [0.1, 0.15) is 30.4 Å². The minimum absolute atomic E-state index is 0.138. The quantitative estimate of drug-likeness (QED) is 0.898. The van der Waals surface area contributed by atoms with Gasteiger partial charge in [-0.05, 0) is 31.0 Å². The number of hydrogen-bond donors (Lipinski definition) is 2. The maximum atomic E-state index is 12.6. The lowest BCUT2D eigenvalue weighted by atomic mass is 10.0. The van der Waals surface area contributed by atoms with Crippen LogP contribution in [0.2, 0.25) is 0 Å². The lowest BCUT2D eigenvalue weighted by Crippen LogP contribution is -2.30. The molecule has 0 radical (unpaired) electrons. The number of carboxylic acid groups (broad SMARTS) is 1. The molecule has 0 saturated heterocycles. The fourth-order valence-electron chi connectivity index (χ4n) is 2.57. The molecule has 0 bridgehead atoms. The van der Waals surface area contributed by atoms with Crippen molar-refractivity contribution in [3.05, 3.63) is 29.3 Å². The third-order valence-corrected chi connectivity index (χ3v) is 3.64. The van der Waals surface area contributed by atoms with Crippen molar-refractivity contribution in [1.29, 1.82) is 5.26 Å². The van der Waals surface area contributed by atoms with Crippen LogP contribution in [0.5, 0.6) is 0 Å². The molecule has 2 unspecified atom stereocenters. The number of anilines is 1. The first-order chi connectivity index (χ1) is 9.82. The largest absolute Gasteiger partial charge is 0.481 e. The van der Waals surface area contributed by atoms with Crippen molar-refractivity contribution in [2.75, 3.05) is 5.32 Å². The molecule has 0 aliphatic heterocycles. The van der Waals surface area contributed by atoms with Crippen LogP contribution in [-0.2, 0) is 11.0 Å². The highest BCUT2D eigenvalue weighted by atomic mass is 19.4. The molecule has 1 aromatic carbocycles. The van der Waals surface area contributed by atoms with E-state index in [-0.39, 0.29) is 17.3 Å². The highest BCUT2D eigenvalue weighted by Crippen LogP contribution is 2.34. The van der Waals surface area contributed by atoms with Gasteiger partial charge in [-0.2, -0.15) is 18.4 Å². The van der Waals surface area contributed by atoms with Crippen LogP contribution in [0.3, 0.4) is 0 Å². The fraction of sp³-hybridized carbons (Fsp3) is 0.429. The molecule has 112 valence electrons. The van der Waals surface area contributed by atoms with E-state index in [1.54, 1.807) is 6.07 Å². The molecule has 1 aromatic rings. The normalized spacial score (nSPS) is 21.8. The summed E-state index contributed by atoms with van der Waals surface area (Å²) in [7, 11) is 0. The second-order valence-electron chi connectivity index (χ2n) is 5.00. The lowest BCUT2D eigenvalue weighted by molar-refractivity contribution is -0.141. The Morgan fingerprint density at radius 3 is 2.67 bits per heavy atom. The Bertz CT molecular complexity index is 593. The molecule has 1 saturated carbocycles. The van der Waals surface area contributed by atoms with Gasteiger partial charge in [-0.15, -0.1) is 0 Å². The van der Waals surface area contributed by atoms with E-state index < -0.39 is 23.6 Å². The van der Waals surface area contributed by atoms with Crippen LogP contribution in [0, 0.1) is 17.2 Å². The summed E-state index contributed by atoms with van der Waals surface area (Å²) in [5, 5.41) is 21.0. The summed E-state index contributed by atoms with van der Waals surface area (Å²) < 4.78 is 37.8. The van der Waals surface area contributed by atoms with Crippen molar-refractivity contribution in [2.24, 2.45) is 5.92 Å². The van der Waals surface area contributed by atoms with Crippen molar-refractivity contribution in [3.63, 3.8) is 0 Å². The Labute approximate surface area is 119 Å². The SMILES string of the molecule is N#Cc1cc(C(F)(F)F)ccc1NC1CCCC1C(=O)O. The summed E-state index contributed by atoms with van der Waals surface area (Å²) in [6, 6.07) is 4.18. The second-order valence-corrected chi connectivity index (χ2v) is 5.00. The van der Waals surface area contributed by atoms with E-state index in [2.05, 4.69) is 5.32 Å². The summed E-state index contributed by atoms with van der Waals surface area (Å²) in [6.45, 7) is 0. The molecular formula is C14H13F3N2O2. The Balaban J connectivity index is 2.25. The van der Waals surface area contributed by atoms with Gasteiger partial charge in [0.15, 0.2) is 0 Å². The molecule has 21 heavy (non-hydrogen) atoms. The third-order valence-electron chi connectivity index (χ3n) is 3.64. The summed E-state index contributed by atoms with van der Waals surface area (Å²) >= 11 is 0. The molecule has 0 spiro atoms. The zero-order chi connectivity index (χ0) is 15.6. The van der Waals surface area contributed by atoms with E-state index in [0.717, 1.165) is 18.6 Å². The molecule has 1 aliphatic carbocycles. The Morgan fingerprint density at radius 1 is 1.38 bits per heavy atom. The molecule has 1 aliphatic rings. The number of benzene rings is 1. The molecule has 7 heteroatoms. The van der Waals surface area contributed by atoms with Crippen LogP contribution in [-0.4, -0.2) is 17.1 Å². The summed E-state index contributed by atoms with van der Waals surface area (Å²) in [5.41, 5.74) is -0.796. The average Bonchev–Trinajstić information content (AvgIpc) is 2.86. The fourth-order valence-corrected chi connectivity index (χ4v) is 2.57. The van der Waals surface area contributed by atoms with E-state index in [0.29, 0.717) is 12.8 Å². The maximum Gasteiger partial charge on any atom is 0.416 e. The Hall–Kier alpha value is -2.23. The zero-order valence-corrected chi connectivity index (χ0v) is 10.9. The van der Waals surface area contributed by atoms with Crippen LogP contribution in [0.25, 0.3) is 0 Å². The average molecular weight is 298 g/mol. The molecule has 0 aromatic heterocycles. The molecular weight excluding hydrogens is 285 g/mol. The van der Waals surface area contributed by atoms with Gasteiger partial charge in [0, 0.05) is 6.04 Å². The molecule has 2 atom stereocenters. The molecule has 0 heterocycles. The van der Waals surface area contributed by atoms with Gasteiger partial charge in [-0.3, -0.25) is 4.79 Å². The van der Waals surface area contributed by atoms with E-state index in [1.807, 2.05) is 0 Å². The first-order valence-corrected chi connectivity index (χ1v) is 6.43. The highest BCUT2D eigenvalue weighted by Gasteiger charge is 2.34. The zero-order valence-electron chi connectivity index (χ0n) is 10.9. The van der Waals surface area contributed by atoms with Gasteiger partial charge in [-0.1, -0.05) is 6.42 Å². The van der Waals surface area contributed by atoms with E-state index in [1.165, 1.54) is 6.07 Å². The van der Waals surface area contributed by atoms with Crippen LogP contribution in [0.15, 0.2) is 18.2 Å². The molecule has 4 nitrogen and oxygen atoms in total. The number of halogens is 3. The maximum absolute atomic E-state index is 12.6. The van der Waals surface area contributed by atoms with Gasteiger partial charge in [0.2, 0.25) is 0 Å². The van der Waals surface area contributed by atoms with Crippen LogP contribution < -0.4 is 5.32 Å². The smallest absolute Gasteiger partial charge is 0.416 e. The molecule has 1 fully saturated rings. The number of nitriles is 1. The molecule has 0 amide bonds. The number of aliphatic carboxylic acids is 1. The van der Waals surface area contributed by atoms with Gasteiger partial charge in [0.05, 0.1) is 22.7 Å². The Morgan fingerprint density at radius 2 is 2.10 bits per heavy atom. The predicted molar refractivity (Wildman–Crippen MR) is 68.5 cm³/mol. The monoisotopic (exact) mass is 298 g/mol. The standard InChI is InChI=1S/C14H13F3N2O2/c15-14(16,17)9-4-5-11(8(6-9)7-18)19-12-3-1-2-10(12)13(20)21/h4-6,10,12,19H,1-3H2,(H,20,21).